The molecule has 0 spiro atoms. The molecule has 0 aliphatic carbocycles. The number of hydrogen-bond donors (Lipinski definition) is 0. The van der Waals surface area contributed by atoms with Gasteiger partial charge in [-0.3, -0.25) is 4.79 Å². The Labute approximate surface area is 121 Å². The number of carbonyl (C=O) groups is 1. The lowest BCUT2D eigenvalue weighted by atomic mass is 10.0. The van der Waals surface area contributed by atoms with Crippen molar-refractivity contribution in [3.8, 4) is 0 Å². The van der Waals surface area contributed by atoms with Crippen LogP contribution in [0.2, 0.25) is 0 Å². The second kappa shape index (κ2) is 6.82. The number of hydrogen-bond acceptors (Lipinski definition) is 3. The van der Waals surface area contributed by atoms with Crippen molar-refractivity contribution in [2.75, 3.05) is 0 Å². The monoisotopic (exact) mass is 278 g/mol. The van der Waals surface area contributed by atoms with Gasteiger partial charge in [0, 0.05) is 13.3 Å². The maximum atomic E-state index is 12.3. The van der Waals surface area contributed by atoms with Crippen molar-refractivity contribution in [1.82, 2.24) is 4.98 Å². The first kappa shape index (κ1) is 16.6. The number of ketones is 1. The SMILES string of the molecule is Cc1nc(CCC(C)C)c(C)[n+]([O-])c1C(=O)CC(C)C. The van der Waals surface area contributed by atoms with Crippen molar-refractivity contribution < 1.29 is 9.52 Å². The van der Waals surface area contributed by atoms with Gasteiger partial charge in [0.05, 0.1) is 0 Å². The van der Waals surface area contributed by atoms with E-state index in [-0.39, 0.29) is 17.4 Å². The van der Waals surface area contributed by atoms with Gasteiger partial charge >= 0.3 is 0 Å². The van der Waals surface area contributed by atoms with Crippen LogP contribution in [0.15, 0.2) is 0 Å². The second-order valence-electron chi connectivity index (χ2n) is 6.33. The summed E-state index contributed by atoms with van der Waals surface area (Å²) in [4.78, 5) is 16.7. The van der Waals surface area contributed by atoms with E-state index in [1.807, 2.05) is 13.8 Å². The predicted molar refractivity (Wildman–Crippen MR) is 79.6 cm³/mol. The van der Waals surface area contributed by atoms with E-state index >= 15 is 0 Å². The van der Waals surface area contributed by atoms with E-state index in [1.165, 1.54) is 0 Å². The first-order chi connectivity index (χ1) is 9.23. The van der Waals surface area contributed by atoms with Crippen LogP contribution in [0.25, 0.3) is 0 Å². The zero-order valence-electron chi connectivity index (χ0n) is 13.5. The third-order valence-corrected chi connectivity index (χ3v) is 3.39. The highest BCUT2D eigenvalue weighted by Crippen LogP contribution is 2.14. The zero-order chi connectivity index (χ0) is 15.4. The molecule has 20 heavy (non-hydrogen) atoms. The highest BCUT2D eigenvalue weighted by molar-refractivity contribution is 5.93. The highest BCUT2D eigenvalue weighted by atomic mass is 16.5. The molecule has 4 heteroatoms. The van der Waals surface area contributed by atoms with Gasteiger partial charge in [0.2, 0.25) is 11.5 Å². The van der Waals surface area contributed by atoms with E-state index in [1.54, 1.807) is 13.8 Å². The third kappa shape index (κ3) is 4.02. The summed E-state index contributed by atoms with van der Waals surface area (Å²) in [5, 5.41) is 12.3. The smallest absolute Gasteiger partial charge is 0.281 e. The Hall–Kier alpha value is -1.45. The van der Waals surface area contributed by atoms with Gasteiger partial charge in [-0.15, -0.1) is 0 Å². The normalized spacial score (nSPS) is 11.4. The van der Waals surface area contributed by atoms with Gasteiger partial charge in [0.15, 0.2) is 0 Å². The van der Waals surface area contributed by atoms with E-state index in [0.717, 1.165) is 23.3 Å². The van der Waals surface area contributed by atoms with Gasteiger partial charge < -0.3 is 5.21 Å². The number of nitrogens with zero attached hydrogens (tertiary/aromatic N) is 2. The van der Waals surface area contributed by atoms with Crippen LogP contribution in [0.1, 0.15) is 68.1 Å². The minimum Gasteiger partial charge on any atom is -0.618 e. The van der Waals surface area contributed by atoms with Crippen molar-refractivity contribution in [3.63, 3.8) is 0 Å². The van der Waals surface area contributed by atoms with E-state index in [0.29, 0.717) is 23.7 Å². The van der Waals surface area contributed by atoms with Crippen molar-refractivity contribution >= 4 is 5.78 Å². The molecule has 1 heterocycles. The van der Waals surface area contributed by atoms with Crippen LogP contribution in [0.4, 0.5) is 0 Å². The number of aryl methyl sites for hydroxylation is 2. The van der Waals surface area contributed by atoms with Crippen molar-refractivity contribution in [2.45, 2.75) is 60.8 Å². The molecule has 0 aliphatic heterocycles. The summed E-state index contributed by atoms with van der Waals surface area (Å²) >= 11 is 0. The lowest BCUT2D eigenvalue weighted by Crippen LogP contribution is -2.41. The maximum Gasteiger partial charge on any atom is 0.281 e. The summed E-state index contributed by atoms with van der Waals surface area (Å²) in [6.45, 7) is 11.7. The van der Waals surface area contributed by atoms with Gasteiger partial charge in [-0.2, -0.15) is 4.73 Å². The Balaban J connectivity index is 3.11. The van der Waals surface area contributed by atoms with Gasteiger partial charge in [-0.05, 0) is 31.6 Å². The lowest BCUT2D eigenvalue weighted by molar-refractivity contribution is -0.616. The molecule has 1 aromatic rings. The van der Waals surface area contributed by atoms with Crippen LogP contribution in [0.3, 0.4) is 0 Å². The van der Waals surface area contributed by atoms with Crippen LogP contribution in [0.5, 0.6) is 0 Å². The summed E-state index contributed by atoms with van der Waals surface area (Å²) in [5.41, 5.74) is 2.13. The van der Waals surface area contributed by atoms with Crippen molar-refractivity contribution in [3.05, 3.63) is 28.0 Å². The predicted octanol–water partition coefficient (Wildman–Crippen LogP) is 3.15. The van der Waals surface area contributed by atoms with Crippen LogP contribution in [-0.2, 0) is 6.42 Å². The number of aromatic nitrogens is 2. The Kier molecular flexibility index (Phi) is 5.66. The minimum absolute atomic E-state index is 0.112. The molecular weight excluding hydrogens is 252 g/mol. The molecule has 1 rings (SSSR count). The highest BCUT2D eigenvalue weighted by Gasteiger charge is 2.25. The molecule has 0 N–H and O–H groups in total. The zero-order valence-corrected chi connectivity index (χ0v) is 13.5. The lowest BCUT2D eigenvalue weighted by Gasteiger charge is -2.13. The number of rotatable bonds is 6. The molecule has 0 aliphatic rings. The fourth-order valence-corrected chi connectivity index (χ4v) is 2.21. The molecule has 112 valence electrons. The molecule has 0 atom stereocenters. The summed E-state index contributed by atoms with van der Waals surface area (Å²) in [6, 6.07) is 0. The van der Waals surface area contributed by atoms with E-state index in [9.17, 15) is 10.0 Å². The van der Waals surface area contributed by atoms with Gasteiger partial charge in [0.25, 0.3) is 5.69 Å². The first-order valence-electron chi connectivity index (χ1n) is 7.36. The van der Waals surface area contributed by atoms with E-state index in [2.05, 4.69) is 18.8 Å². The van der Waals surface area contributed by atoms with Gasteiger partial charge in [-0.1, -0.05) is 27.7 Å². The Morgan fingerprint density at radius 3 is 2.30 bits per heavy atom. The van der Waals surface area contributed by atoms with Crippen LogP contribution < -0.4 is 4.73 Å². The minimum atomic E-state index is -0.112. The molecule has 0 saturated heterocycles. The molecule has 0 amide bonds. The van der Waals surface area contributed by atoms with Gasteiger partial charge in [-0.25, -0.2) is 4.98 Å². The second-order valence-corrected chi connectivity index (χ2v) is 6.33. The van der Waals surface area contributed by atoms with Crippen molar-refractivity contribution in [1.29, 1.82) is 0 Å². The fraction of sp³-hybridized carbons (Fsp3) is 0.688. The van der Waals surface area contributed by atoms with E-state index in [4.69, 9.17) is 0 Å². The Morgan fingerprint density at radius 1 is 1.20 bits per heavy atom. The topological polar surface area (TPSA) is 56.9 Å². The summed E-state index contributed by atoms with van der Waals surface area (Å²) in [7, 11) is 0. The molecule has 0 radical (unpaired) electrons. The van der Waals surface area contributed by atoms with Gasteiger partial charge in [0.1, 0.15) is 11.4 Å². The first-order valence-corrected chi connectivity index (χ1v) is 7.36. The maximum absolute atomic E-state index is 12.3. The summed E-state index contributed by atoms with van der Waals surface area (Å²) < 4.78 is 0.780. The van der Waals surface area contributed by atoms with Crippen LogP contribution in [-0.4, -0.2) is 10.8 Å². The molecule has 0 bridgehead atoms. The summed E-state index contributed by atoms with van der Waals surface area (Å²) in [6.07, 6.45) is 2.16. The third-order valence-electron chi connectivity index (χ3n) is 3.39. The van der Waals surface area contributed by atoms with Crippen LogP contribution >= 0.6 is 0 Å². The Bertz CT molecular complexity index is 494. The molecule has 1 aromatic heterocycles. The standard InChI is InChI=1S/C16H26N2O2/c1-10(2)7-8-14-13(6)18(20)16(12(5)17-14)15(19)9-11(3)4/h10-11H,7-9H2,1-6H3. The molecule has 4 nitrogen and oxygen atoms in total. The molecule has 0 unspecified atom stereocenters. The summed E-state index contributed by atoms with van der Waals surface area (Å²) in [5.74, 6) is 0.695. The average molecular weight is 278 g/mol. The number of carbonyl (C=O) groups excluding carboxylic acids is 1. The fourth-order valence-electron chi connectivity index (χ4n) is 2.21. The Morgan fingerprint density at radius 2 is 1.80 bits per heavy atom. The van der Waals surface area contributed by atoms with Crippen LogP contribution in [0, 0.1) is 30.9 Å². The largest absolute Gasteiger partial charge is 0.618 e. The molecule has 0 saturated carbocycles. The van der Waals surface area contributed by atoms with E-state index < -0.39 is 0 Å². The quantitative estimate of drug-likeness (QED) is 0.456. The molecule has 0 fully saturated rings. The average Bonchev–Trinajstić information content (AvgIpc) is 2.31. The number of Topliss-reactive ketones (excluding diaryl/α,β-unsaturated/α-hetero) is 1. The van der Waals surface area contributed by atoms with Crippen molar-refractivity contribution in [2.24, 2.45) is 11.8 Å². The molecular formula is C16H26N2O2. The molecule has 0 aromatic carbocycles.